The summed E-state index contributed by atoms with van der Waals surface area (Å²) in [6, 6.07) is -0.0474. The molecule has 0 spiro atoms. The standard InChI is InChI=1S/C16H30N2O4/c1-6-21-14(19)11(2)17-12-8-7-9-13(10-12)18-15(20)22-16(3,4)5/h11-13,17H,6-10H2,1-5H3,(H,18,20). The van der Waals surface area contributed by atoms with Gasteiger partial charge in [-0.1, -0.05) is 0 Å². The van der Waals surface area contributed by atoms with Crippen LogP contribution in [0.4, 0.5) is 4.79 Å². The highest BCUT2D eigenvalue weighted by molar-refractivity contribution is 5.75. The maximum absolute atomic E-state index is 11.8. The van der Waals surface area contributed by atoms with Crippen molar-refractivity contribution in [3.63, 3.8) is 0 Å². The molecule has 1 fully saturated rings. The fraction of sp³-hybridized carbons (Fsp3) is 0.875. The van der Waals surface area contributed by atoms with Crippen molar-refractivity contribution in [1.82, 2.24) is 10.6 Å². The van der Waals surface area contributed by atoms with Crippen molar-refractivity contribution >= 4 is 12.1 Å². The quantitative estimate of drug-likeness (QED) is 0.762. The van der Waals surface area contributed by atoms with Gasteiger partial charge in [-0.15, -0.1) is 0 Å². The Morgan fingerprint density at radius 1 is 1.23 bits per heavy atom. The topological polar surface area (TPSA) is 76.7 Å². The summed E-state index contributed by atoms with van der Waals surface area (Å²) < 4.78 is 10.3. The maximum Gasteiger partial charge on any atom is 0.407 e. The fourth-order valence-corrected chi connectivity index (χ4v) is 2.64. The van der Waals surface area contributed by atoms with Gasteiger partial charge in [0, 0.05) is 12.1 Å². The van der Waals surface area contributed by atoms with Gasteiger partial charge in [0.15, 0.2) is 0 Å². The summed E-state index contributed by atoms with van der Waals surface area (Å²) in [5.41, 5.74) is -0.491. The van der Waals surface area contributed by atoms with Crippen molar-refractivity contribution in [2.24, 2.45) is 0 Å². The second-order valence-electron chi connectivity index (χ2n) is 6.85. The molecule has 1 saturated carbocycles. The third kappa shape index (κ3) is 7.11. The molecule has 2 N–H and O–H groups in total. The highest BCUT2D eigenvalue weighted by Crippen LogP contribution is 2.20. The van der Waals surface area contributed by atoms with E-state index in [4.69, 9.17) is 9.47 Å². The van der Waals surface area contributed by atoms with Crippen LogP contribution in [-0.4, -0.2) is 42.4 Å². The minimum atomic E-state index is -0.491. The van der Waals surface area contributed by atoms with Gasteiger partial charge in [0.2, 0.25) is 0 Å². The van der Waals surface area contributed by atoms with Crippen LogP contribution in [0.25, 0.3) is 0 Å². The van der Waals surface area contributed by atoms with E-state index < -0.39 is 5.60 Å². The summed E-state index contributed by atoms with van der Waals surface area (Å²) >= 11 is 0. The van der Waals surface area contributed by atoms with E-state index in [1.54, 1.807) is 6.92 Å². The zero-order chi connectivity index (χ0) is 16.8. The minimum absolute atomic E-state index is 0.0792. The third-order valence-electron chi connectivity index (χ3n) is 3.52. The summed E-state index contributed by atoms with van der Waals surface area (Å²) in [5, 5.41) is 6.20. The van der Waals surface area contributed by atoms with Gasteiger partial charge in [-0.2, -0.15) is 0 Å². The number of hydrogen-bond donors (Lipinski definition) is 2. The second kappa shape index (κ2) is 8.36. The molecule has 1 amide bonds. The Morgan fingerprint density at radius 2 is 1.86 bits per heavy atom. The predicted molar refractivity (Wildman–Crippen MR) is 84.6 cm³/mol. The normalized spacial score (nSPS) is 23.5. The van der Waals surface area contributed by atoms with Gasteiger partial charge in [0.1, 0.15) is 11.6 Å². The number of carbonyl (C=O) groups is 2. The molecule has 0 aromatic heterocycles. The van der Waals surface area contributed by atoms with Gasteiger partial charge in [-0.3, -0.25) is 4.79 Å². The molecule has 1 aliphatic carbocycles. The largest absolute Gasteiger partial charge is 0.465 e. The highest BCUT2D eigenvalue weighted by Gasteiger charge is 2.27. The van der Waals surface area contributed by atoms with E-state index in [9.17, 15) is 9.59 Å². The van der Waals surface area contributed by atoms with Crippen LogP contribution in [0.15, 0.2) is 0 Å². The van der Waals surface area contributed by atoms with Crippen LogP contribution in [0.1, 0.15) is 60.3 Å². The van der Waals surface area contributed by atoms with Crippen LogP contribution in [0, 0.1) is 0 Å². The van der Waals surface area contributed by atoms with Gasteiger partial charge in [-0.25, -0.2) is 4.79 Å². The molecule has 0 aromatic rings. The molecule has 0 heterocycles. The first-order valence-electron chi connectivity index (χ1n) is 8.13. The summed E-state index contributed by atoms with van der Waals surface area (Å²) in [5.74, 6) is -0.232. The van der Waals surface area contributed by atoms with Crippen LogP contribution in [0.3, 0.4) is 0 Å². The van der Waals surface area contributed by atoms with Crippen LogP contribution in [0.5, 0.6) is 0 Å². The van der Waals surface area contributed by atoms with E-state index in [0.29, 0.717) is 6.61 Å². The van der Waals surface area contributed by atoms with E-state index in [2.05, 4.69) is 10.6 Å². The number of alkyl carbamates (subject to hydrolysis) is 1. The molecule has 22 heavy (non-hydrogen) atoms. The molecule has 0 aliphatic heterocycles. The van der Waals surface area contributed by atoms with Crippen molar-refractivity contribution in [3.8, 4) is 0 Å². The van der Waals surface area contributed by atoms with E-state index in [1.807, 2.05) is 27.7 Å². The molecule has 1 rings (SSSR count). The van der Waals surface area contributed by atoms with Crippen molar-refractivity contribution in [2.45, 2.75) is 84.0 Å². The first-order chi connectivity index (χ1) is 10.2. The lowest BCUT2D eigenvalue weighted by atomic mass is 9.90. The third-order valence-corrected chi connectivity index (χ3v) is 3.52. The van der Waals surface area contributed by atoms with E-state index >= 15 is 0 Å². The molecule has 0 bridgehead atoms. The minimum Gasteiger partial charge on any atom is -0.465 e. The monoisotopic (exact) mass is 314 g/mol. The number of amides is 1. The summed E-state index contributed by atoms with van der Waals surface area (Å²) in [4.78, 5) is 23.5. The molecule has 0 saturated heterocycles. The number of rotatable bonds is 5. The lowest BCUT2D eigenvalue weighted by Gasteiger charge is -2.32. The van der Waals surface area contributed by atoms with Crippen molar-refractivity contribution < 1.29 is 19.1 Å². The molecule has 6 nitrogen and oxygen atoms in total. The Bertz CT molecular complexity index is 379. The van der Waals surface area contributed by atoms with Crippen molar-refractivity contribution in [3.05, 3.63) is 0 Å². The van der Waals surface area contributed by atoms with Crippen molar-refractivity contribution in [2.75, 3.05) is 6.61 Å². The summed E-state index contributed by atoms with van der Waals surface area (Å²) in [7, 11) is 0. The maximum atomic E-state index is 11.8. The first-order valence-corrected chi connectivity index (χ1v) is 8.13. The molecule has 1 aliphatic rings. The molecule has 128 valence electrons. The van der Waals surface area contributed by atoms with Gasteiger partial charge < -0.3 is 20.1 Å². The number of hydrogen-bond acceptors (Lipinski definition) is 5. The molecular formula is C16H30N2O4. The van der Waals surface area contributed by atoms with Crippen molar-refractivity contribution in [1.29, 1.82) is 0 Å². The molecule has 0 radical (unpaired) electrons. The summed E-state index contributed by atoms with van der Waals surface area (Å²) in [6.07, 6.45) is 3.36. The van der Waals surface area contributed by atoms with E-state index in [1.165, 1.54) is 0 Å². The van der Waals surface area contributed by atoms with Gasteiger partial charge >= 0.3 is 12.1 Å². The first kappa shape index (κ1) is 18.7. The number of carbonyl (C=O) groups excluding carboxylic acids is 2. The Morgan fingerprint density at radius 3 is 2.45 bits per heavy atom. The van der Waals surface area contributed by atoms with Gasteiger partial charge in [0.05, 0.1) is 6.61 Å². The molecule has 3 atom stereocenters. The zero-order valence-electron chi connectivity index (χ0n) is 14.4. The van der Waals surface area contributed by atoms with Gasteiger partial charge in [0.25, 0.3) is 0 Å². The Labute approximate surface area is 133 Å². The van der Waals surface area contributed by atoms with E-state index in [-0.39, 0.29) is 30.2 Å². The lowest BCUT2D eigenvalue weighted by molar-refractivity contribution is -0.145. The summed E-state index contributed by atoms with van der Waals surface area (Å²) in [6.45, 7) is 9.53. The average Bonchev–Trinajstić information content (AvgIpc) is 2.36. The zero-order valence-corrected chi connectivity index (χ0v) is 14.4. The number of nitrogens with one attached hydrogen (secondary N) is 2. The van der Waals surface area contributed by atoms with Crippen LogP contribution in [0.2, 0.25) is 0 Å². The smallest absolute Gasteiger partial charge is 0.407 e. The SMILES string of the molecule is CCOC(=O)C(C)NC1CCCC(NC(=O)OC(C)(C)C)C1. The molecule has 6 heteroatoms. The van der Waals surface area contributed by atoms with Crippen LogP contribution in [-0.2, 0) is 14.3 Å². The van der Waals surface area contributed by atoms with Crippen LogP contribution < -0.4 is 10.6 Å². The number of ether oxygens (including phenoxy) is 2. The van der Waals surface area contributed by atoms with E-state index in [0.717, 1.165) is 25.7 Å². The predicted octanol–water partition coefficient (Wildman–Crippen LogP) is 2.36. The molecular weight excluding hydrogens is 284 g/mol. The fourth-order valence-electron chi connectivity index (χ4n) is 2.64. The Balaban J connectivity index is 2.41. The van der Waals surface area contributed by atoms with Gasteiger partial charge in [-0.05, 0) is 60.3 Å². The molecule has 3 unspecified atom stereocenters. The number of esters is 1. The lowest BCUT2D eigenvalue weighted by Crippen LogP contribution is -2.49. The average molecular weight is 314 g/mol. The molecule has 0 aromatic carbocycles. The Hall–Kier alpha value is -1.30. The second-order valence-corrected chi connectivity index (χ2v) is 6.85. The van der Waals surface area contributed by atoms with Crippen LogP contribution >= 0.6 is 0 Å². The highest BCUT2D eigenvalue weighted by atomic mass is 16.6. The Kier molecular flexibility index (Phi) is 7.13.